The Hall–Kier alpha value is -3.60. The fourth-order valence-electron chi connectivity index (χ4n) is 3.80. The molecule has 0 unspecified atom stereocenters. The van der Waals surface area contributed by atoms with E-state index in [1.807, 2.05) is 60.7 Å². The number of hydrogen-bond donors (Lipinski definition) is 0. The van der Waals surface area contributed by atoms with E-state index in [-0.39, 0.29) is 5.56 Å². The first-order valence-electron chi connectivity index (χ1n) is 8.61. The van der Waals surface area contributed by atoms with Gasteiger partial charge in [-0.15, -0.1) is 0 Å². The van der Waals surface area contributed by atoms with Crippen LogP contribution >= 0.6 is 0 Å². The lowest BCUT2D eigenvalue weighted by Gasteiger charge is -2.16. The molecule has 3 aromatic carbocycles. The lowest BCUT2D eigenvalue weighted by molar-refractivity contribution is 0.359. The van der Waals surface area contributed by atoms with Crippen LogP contribution < -0.4 is 15.0 Å². The van der Waals surface area contributed by atoms with Crippen LogP contribution in [0.2, 0.25) is 0 Å². The Morgan fingerprint density at radius 1 is 0.815 bits per heavy atom. The molecule has 2 heterocycles. The number of para-hydroxylation sites is 2. The van der Waals surface area contributed by atoms with Gasteiger partial charge in [-0.1, -0.05) is 30.3 Å². The molecule has 0 aliphatic rings. The van der Waals surface area contributed by atoms with E-state index in [2.05, 4.69) is 0 Å². The highest BCUT2D eigenvalue weighted by molar-refractivity contribution is 6.15. The van der Waals surface area contributed by atoms with Crippen LogP contribution in [-0.4, -0.2) is 23.6 Å². The van der Waals surface area contributed by atoms with Crippen molar-refractivity contribution in [2.45, 2.75) is 0 Å². The summed E-state index contributed by atoms with van der Waals surface area (Å²) in [6, 6.07) is 19.0. The van der Waals surface area contributed by atoms with Crippen molar-refractivity contribution in [3.8, 4) is 11.5 Å². The SMILES string of the molecule is COc1ccc2c(c1OC)c1ccccc1n1c(=O)c3ccccc3nc21. The smallest absolute Gasteiger partial charge is 0.266 e. The lowest BCUT2D eigenvalue weighted by Crippen LogP contribution is -2.16. The number of nitrogens with zero attached hydrogens (tertiary/aromatic N) is 2. The largest absolute Gasteiger partial charge is 0.493 e. The number of rotatable bonds is 2. The predicted molar refractivity (Wildman–Crippen MR) is 107 cm³/mol. The van der Waals surface area contributed by atoms with Crippen molar-refractivity contribution in [3.63, 3.8) is 0 Å². The molecule has 2 aromatic heterocycles. The number of aromatic nitrogens is 2. The number of methoxy groups -OCH3 is 2. The minimum absolute atomic E-state index is 0.0801. The van der Waals surface area contributed by atoms with Gasteiger partial charge in [0.05, 0.1) is 30.6 Å². The summed E-state index contributed by atoms with van der Waals surface area (Å²) in [5.74, 6) is 1.28. The van der Waals surface area contributed by atoms with Crippen molar-refractivity contribution in [2.75, 3.05) is 14.2 Å². The van der Waals surface area contributed by atoms with Crippen molar-refractivity contribution < 1.29 is 9.47 Å². The second kappa shape index (κ2) is 5.71. The Morgan fingerprint density at radius 3 is 2.33 bits per heavy atom. The van der Waals surface area contributed by atoms with E-state index in [9.17, 15) is 4.79 Å². The molecule has 0 aliphatic carbocycles. The summed E-state index contributed by atoms with van der Waals surface area (Å²) < 4.78 is 12.9. The Bertz CT molecular complexity index is 1420. The quantitative estimate of drug-likeness (QED) is 0.352. The highest BCUT2D eigenvalue weighted by Gasteiger charge is 2.18. The van der Waals surface area contributed by atoms with Gasteiger partial charge < -0.3 is 9.47 Å². The molecular formula is C22H16N2O3. The van der Waals surface area contributed by atoms with Gasteiger partial charge >= 0.3 is 0 Å². The molecule has 132 valence electrons. The zero-order chi connectivity index (χ0) is 18.5. The van der Waals surface area contributed by atoms with Crippen LogP contribution in [0.15, 0.2) is 65.5 Å². The molecule has 0 saturated carbocycles. The average Bonchev–Trinajstić information content (AvgIpc) is 2.72. The molecule has 5 aromatic rings. The number of ether oxygens (including phenoxy) is 2. The van der Waals surface area contributed by atoms with Crippen LogP contribution in [0.4, 0.5) is 0 Å². The van der Waals surface area contributed by atoms with E-state index in [4.69, 9.17) is 14.5 Å². The number of benzene rings is 3. The van der Waals surface area contributed by atoms with Crippen LogP contribution in [0, 0.1) is 0 Å². The minimum atomic E-state index is -0.0801. The molecule has 0 aliphatic heterocycles. The van der Waals surface area contributed by atoms with Crippen LogP contribution in [0.1, 0.15) is 0 Å². The normalized spacial score (nSPS) is 11.5. The molecule has 0 saturated heterocycles. The summed E-state index contributed by atoms with van der Waals surface area (Å²) in [5, 5.41) is 3.23. The molecule has 0 atom stereocenters. The third kappa shape index (κ3) is 2.05. The molecule has 0 fully saturated rings. The summed E-state index contributed by atoms with van der Waals surface area (Å²) in [5.41, 5.74) is 1.99. The van der Waals surface area contributed by atoms with Crippen molar-refractivity contribution in [3.05, 3.63) is 71.0 Å². The van der Waals surface area contributed by atoms with E-state index in [1.54, 1.807) is 18.6 Å². The Balaban J connectivity index is 2.18. The molecule has 0 amide bonds. The van der Waals surface area contributed by atoms with Crippen LogP contribution in [-0.2, 0) is 0 Å². The third-order valence-corrected chi connectivity index (χ3v) is 4.98. The number of fused-ring (bicyclic) bond motifs is 7. The Morgan fingerprint density at radius 2 is 1.56 bits per heavy atom. The van der Waals surface area contributed by atoms with Crippen molar-refractivity contribution in [1.29, 1.82) is 0 Å². The number of pyridine rings is 1. The fourth-order valence-corrected chi connectivity index (χ4v) is 3.80. The van der Waals surface area contributed by atoms with Crippen molar-refractivity contribution in [1.82, 2.24) is 9.38 Å². The second-order valence-corrected chi connectivity index (χ2v) is 6.33. The topological polar surface area (TPSA) is 52.8 Å². The van der Waals surface area contributed by atoms with Crippen LogP contribution in [0.3, 0.4) is 0 Å². The van der Waals surface area contributed by atoms with Crippen LogP contribution in [0.5, 0.6) is 11.5 Å². The van der Waals surface area contributed by atoms with Crippen LogP contribution in [0.25, 0.3) is 38.2 Å². The molecule has 0 radical (unpaired) electrons. The molecule has 5 nitrogen and oxygen atoms in total. The van der Waals surface area contributed by atoms with E-state index in [0.717, 1.165) is 21.7 Å². The maximum atomic E-state index is 13.3. The van der Waals surface area contributed by atoms with Crippen molar-refractivity contribution in [2.24, 2.45) is 0 Å². The van der Waals surface area contributed by atoms with Gasteiger partial charge in [-0.05, 0) is 30.3 Å². The van der Waals surface area contributed by atoms with Gasteiger partial charge in [0.1, 0.15) is 5.65 Å². The first-order chi connectivity index (χ1) is 13.2. The predicted octanol–water partition coefficient (Wildman–Crippen LogP) is 4.17. The molecular weight excluding hydrogens is 340 g/mol. The maximum Gasteiger partial charge on any atom is 0.266 e. The molecule has 5 rings (SSSR count). The molecule has 0 bridgehead atoms. The first-order valence-corrected chi connectivity index (χ1v) is 8.61. The molecule has 27 heavy (non-hydrogen) atoms. The molecule has 0 N–H and O–H groups in total. The third-order valence-electron chi connectivity index (χ3n) is 4.98. The standard InChI is InChI=1S/C22H16N2O3/c1-26-18-12-11-15-19(20(18)27-2)14-8-4-6-10-17(14)24-21(15)23-16-9-5-3-7-13(16)22(24)25/h3-12H,1-2H3. The summed E-state index contributed by atoms with van der Waals surface area (Å²) >= 11 is 0. The van der Waals surface area contributed by atoms with E-state index >= 15 is 0 Å². The van der Waals surface area contributed by atoms with Gasteiger partial charge in [0.2, 0.25) is 0 Å². The summed E-state index contributed by atoms with van der Waals surface area (Å²) in [4.78, 5) is 18.1. The summed E-state index contributed by atoms with van der Waals surface area (Å²) in [6.45, 7) is 0. The van der Waals surface area contributed by atoms with Gasteiger partial charge in [0, 0.05) is 16.2 Å². The Labute approximate surface area is 154 Å². The highest BCUT2D eigenvalue weighted by atomic mass is 16.5. The fraction of sp³-hybridized carbons (Fsp3) is 0.0909. The van der Waals surface area contributed by atoms with Gasteiger partial charge in [-0.25, -0.2) is 4.98 Å². The highest BCUT2D eigenvalue weighted by Crippen LogP contribution is 2.40. The molecule has 0 spiro atoms. The van der Waals surface area contributed by atoms with Gasteiger partial charge in [0.25, 0.3) is 5.56 Å². The summed E-state index contributed by atoms with van der Waals surface area (Å²) in [6.07, 6.45) is 0. The van der Waals surface area contributed by atoms with E-state index in [0.29, 0.717) is 28.0 Å². The Kier molecular flexibility index (Phi) is 3.31. The monoisotopic (exact) mass is 356 g/mol. The zero-order valence-corrected chi connectivity index (χ0v) is 14.9. The number of hydrogen-bond acceptors (Lipinski definition) is 4. The van der Waals surface area contributed by atoms with Crippen molar-refractivity contribution >= 4 is 38.2 Å². The van der Waals surface area contributed by atoms with Gasteiger partial charge in [-0.2, -0.15) is 0 Å². The maximum absolute atomic E-state index is 13.3. The summed E-state index contributed by atoms with van der Waals surface area (Å²) in [7, 11) is 3.24. The van der Waals surface area contributed by atoms with E-state index < -0.39 is 0 Å². The minimum Gasteiger partial charge on any atom is -0.493 e. The van der Waals surface area contributed by atoms with Gasteiger partial charge in [0.15, 0.2) is 11.5 Å². The lowest BCUT2D eigenvalue weighted by atomic mass is 10.0. The van der Waals surface area contributed by atoms with E-state index in [1.165, 1.54) is 0 Å². The van der Waals surface area contributed by atoms with Gasteiger partial charge in [-0.3, -0.25) is 9.20 Å². The second-order valence-electron chi connectivity index (χ2n) is 6.33. The average molecular weight is 356 g/mol. The first kappa shape index (κ1) is 15.6. The molecule has 5 heteroatoms. The zero-order valence-electron chi connectivity index (χ0n) is 14.9.